The van der Waals surface area contributed by atoms with Gasteiger partial charge in [-0.2, -0.15) is 0 Å². The van der Waals surface area contributed by atoms with Gasteiger partial charge in [0.05, 0.1) is 24.3 Å². The van der Waals surface area contributed by atoms with Crippen LogP contribution in [-0.4, -0.2) is 49.6 Å². The number of carboxylic acids is 2. The van der Waals surface area contributed by atoms with Crippen molar-refractivity contribution in [2.75, 3.05) is 33.2 Å². The predicted molar refractivity (Wildman–Crippen MR) is 75.9 cm³/mol. The number of methoxy groups -OCH3 is 2. The van der Waals surface area contributed by atoms with Crippen molar-refractivity contribution < 1.29 is 29.3 Å². The molecule has 0 heterocycles. The van der Waals surface area contributed by atoms with Gasteiger partial charge in [-0.05, 0) is 30.0 Å². The molecule has 1 aromatic rings. The van der Waals surface area contributed by atoms with Crippen LogP contribution >= 0.6 is 0 Å². The highest BCUT2D eigenvalue weighted by molar-refractivity contribution is 5.98. The van der Waals surface area contributed by atoms with Crippen LogP contribution in [-0.2, 0) is 22.3 Å². The first-order chi connectivity index (χ1) is 9.93. The molecule has 0 saturated heterocycles. The summed E-state index contributed by atoms with van der Waals surface area (Å²) < 4.78 is 9.89. The topological polar surface area (TPSA) is 119 Å². The monoisotopic (exact) mass is 297 g/mol. The van der Waals surface area contributed by atoms with E-state index in [1.54, 1.807) is 0 Å². The summed E-state index contributed by atoms with van der Waals surface area (Å²) in [7, 11) is 2.99. The second kappa shape index (κ2) is 7.61. The van der Waals surface area contributed by atoms with Gasteiger partial charge in [0, 0.05) is 19.9 Å². The van der Waals surface area contributed by atoms with Gasteiger partial charge >= 0.3 is 11.9 Å². The summed E-state index contributed by atoms with van der Waals surface area (Å²) >= 11 is 0. The molecule has 0 fully saturated rings. The number of anilines is 1. The number of carboxylic acid groups (broad SMARTS) is 2. The van der Waals surface area contributed by atoms with Crippen molar-refractivity contribution in [3.8, 4) is 0 Å². The molecule has 1 rings (SSSR count). The summed E-state index contributed by atoms with van der Waals surface area (Å²) in [6.07, 6.45) is 0.591. The number of hydrogen-bond donors (Lipinski definition) is 3. The number of rotatable bonds is 8. The molecule has 7 nitrogen and oxygen atoms in total. The lowest BCUT2D eigenvalue weighted by molar-refractivity contribution is 0.0694. The van der Waals surface area contributed by atoms with E-state index >= 15 is 0 Å². The van der Waals surface area contributed by atoms with E-state index in [0.717, 1.165) is 6.07 Å². The van der Waals surface area contributed by atoms with Gasteiger partial charge in [-0.25, -0.2) is 9.59 Å². The Morgan fingerprint density at radius 3 is 1.67 bits per heavy atom. The van der Waals surface area contributed by atoms with Gasteiger partial charge in [0.15, 0.2) is 0 Å². The molecule has 0 aliphatic carbocycles. The van der Waals surface area contributed by atoms with Gasteiger partial charge in [-0.15, -0.1) is 0 Å². The first kappa shape index (κ1) is 16.9. The van der Waals surface area contributed by atoms with Gasteiger partial charge in [0.25, 0.3) is 0 Å². The Morgan fingerprint density at radius 1 is 1.00 bits per heavy atom. The van der Waals surface area contributed by atoms with Crippen LogP contribution < -0.4 is 5.73 Å². The van der Waals surface area contributed by atoms with Gasteiger partial charge in [-0.1, -0.05) is 0 Å². The first-order valence-electron chi connectivity index (χ1n) is 6.32. The van der Waals surface area contributed by atoms with Crippen LogP contribution in [0.25, 0.3) is 0 Å². The molecule has 0 amide bonds. The van der Waals surface area contributed by atoms with Gasteiger partial charge in [0.1, 0.15) is 0 Å². The lowest BCUT2D eigenvalue weighted by atomic mass is 9.92. The fourth-order valence-corrected chi connectivity index (χ4v) is 2.12. The molecular formula is C14H19NO6. The number of aromatic carboxylic acids is 2. The molecule has 1 aromatic carbocycles. The average molecular weight is 297 g/mol. The first-order valence-corrected chi connectivity index (χ1v) is 6.32. The Hall–Kier alpha value is -2.12. The molecule has 21 heavy (non-hydrogen) atoms. The maximum absolute atomic E-state index is 11.3. The maximum atomic E-state index is 11.3. The second-order valence-corrected chi connectivity index (χ2v) is 4.44. The summed E-state index contributed by atoms with van der Waals surface area (Å²) in [5, 5.41) is 18.5. The molecule has 0 spiro atoms. The minimum atomic E-state index is -1.21. The van der Waals surface area contributed by atoms with E-state index in [9.17, 15) is 19.8 Å². The van der Waals surface area contributed by atoms with Crippen LogP contribution in [0.2, 0.25) is 0 Å². The molecule has 116 valence electrons. The van der Waals surface area contributed by atoms with Crippen LogP contribution in [0, 0.1) is 0 Å². The molecule has 0 unspecified atom stereocenters. The summed E-state index contributed by atoms with van der Waals surface area (Å²) in [6, 6.07) is 1.15. The third-order valence-corrected chi connectivity index (χ3v) is 3.16. The molecule has 0 radical (unpaired) electrons. The second-order valence-electron chi connectivity index (χ2n) is 4.44. The average Bonchev–Trinajstić information content (AvgIpc) is 2.43. The Bertz CT molecular complexity index is 497. The van der Waals surface area contributed by atoms with E-state index in [-0.39, 0.29) is 16.8 Å². The Morgan fingerprint density at radius 2 is 1.38 bits per heavy atom. The van der Waals surface area contributed by atoms with Crippen LogP contribution in [0.15, 0.2) is 6.07 Å². The quantitative estimate of drug-likeness (QED) is 0.613. The third-order valence-electron chi connectivity index (χ3n) is 3.16. The van der Waals surface area contributed by atoms with Gasteiger partial charge in [0.2, 0.25) is 0 Å². The zero-order chi connectivity index (χ0) is 16.0. The fraction of sp³-hybridized carbons (Fsp3) is 0.429. The van der Waals surface area contributed by atoms with Crippen LogP contribution in [0.5, 0.6) is 0 Å². The zero-order valence-corrected chi connectivity index (χ0v) is 12.0. The van der Waals surface area contributed by atoms with Crippen LogP contribution in [0.1, 0.15) is 31.8 Å². The van der Waals surface area contributed by atoms with E-state index in [0.29, 0.717) is 37.2 Å². The maximum Gasteiger partial charge on any atom is 0.336 e. The Labute approximate surface area is 122 Å². The number of hydrogen-bond acceptors (Lipinski definition) is 5. The minimum Gasteiger partial charge on any atom is -0.478 e. The van der Waals surface area contributed by atoms with Crippen molar-refractivity contribution in [2.24, 2.45) is 0 Å². The number of carbonyl (C=O) groups is 2. The molecule has 0 aliphatic heterocycles. The fourth-order valence-electron chi connectivity index (χ4n) is 2.12. The molecule has 7 heteroatoms. The molecular weight excluding hydrogens is 278 g/mol. The number of benzene rings is 1. The van der Waals surface area contributed by atoms with Crippen molar-refractivity contribution in [3.63, 3.8) is 0 Å². The van der Waals surface area contributed by atoms with E-state index in [4.69, 9.17) is 15.2 Å². The molecule has 0 bridgehead atoms. The molecule has 4 N–H and O–H groups in total. The Balaban J connectivity index is 3.46. The highest BCUT2D eigenvalue weighted by Crippen LogP contribution is 2.27. The lowest BCUT2D eigenvalue weighted by Crippen LogP contribution is -2.16. The lowest BCUT2D eigenvalue weighted by Gasteiger charge is -2.16. The van der Waals surface area contributed by atoms with Crippen LogP contribution in [0.4, 0.5) is 5.69 Å². The SMILES string of the molecule is COCCc1c(C(=O)O)cc(C(=O)O)c(CCOC)c1N. The van der Waals surface area contributed by atoms with Crippen molar-refractivity contribution >= 4 is 17.6 Å². The number of ether oxygens (including phenoxy) is 2. The van der Waals surface area contributed by atoms with Crippen LogP contribution in [0.3, 0.4) is 0 Å². The van der Waals surface area contributed by atoms with Crippen molar-refractivity contribution in [2.45, 2.75) is 12.8 Å². The van der Waals surface area contributed by atoms with Crippen molar-refractivity contribution in [3.05, 3.63) is 28.3 Å². The van der Waals surface area contributed by atoms with E-state index in [1.807, 2.05) is 0 Å². The molecule has 0 aliphatic rings. The number of nitrogen functional groups attached to an aromatic ring is 1. The normalized spacial score (nSPS) is 10.6. The zero-order valence-electron chi connectivity index (χ0n) is 12.0. The molecule has 0 saturated carbocycles. The molecule has 0 aromatic heterocycles. The summed E-state index contributed by atoms with van der Waals surface area (Å²) in [5.74, 6) is -2.43. The smallest absolute Gasteiger partial charge is 0.336 e. The standard InChI is InChI=1S/C14H19NO6/c1-20-5-3-8-10(13(16)17)7-11(14(18)19)9(12(8)15)4-6-21-2/h7H,3-6,15H2,1-2H3,(H,16,17)(H,18,19). The Kier molecular flexibility index (Phi) is 6.13. The summed E-state index contributed by atoms with van der Waals surface area (Å²) in [6.45, 7) is 0.585. The van der Waals surface area contributed by atoms with Crippen molar-refractivity contribution in [1.29, 1.82) is 0 Å². The third kappa shape index (κ3) is 3.93. The number of nitrogens with two attached hydrogens (primary N) is 1. The highest BCUT2D eigenvalue weighted by Gasteiger charge is 2.22. The van der Waals surface area contributed by atoms with Gasteiger partial charge in [-0.3, -0.25) is 0 Å². The molecule has 0 atom stereocenters. The minimum absolute atomic E-state index is 0.108. The summed E-state index contributed by atoms with van der Waals surface area (Å²) in [5.41, 5.74) is 6.75. The van der Waals surface area contributed by atoms with Crippen molar-refractivity contribution in [1.82, 2.24) is 0 Å². The van der Waals surface area contributed by atoms with E-state index in [1.165, 1.54) is 14.2 Å². The predicted octanol–water partition coefficient (Wildman–Crippen LogP) is 1.04. The van der Waals surface area contributed by atoms with Gasteiger partial charge < -0.3 is 25.4 Å². The highest BCUT2D eigenvalue weighted by atomic mass is 16.5. The van der Waals surface area contributed by atoms with E-state index in [2.05, 4.69) is 0 Å². The largest absolute Gasteiger partial charge is 0.478 e. The van der Waals surface area contributed by atoms with E-state index < -0.39 is 11.9 Å². The summed E-state index contributed by atoms with van der Waals surface area (Å²) in [4.78, 5) is 22.6.